The van der Waals surface area contributed by atoms with Gasteiger partial charge in [-0.15, -0.1) is 11.8 Å². The second kappa shape index (κ2) is 5.94. The Hall–Kier alpha value is -1.19. The Morgan fingerprint density at radius 3 is 2.82 bits per heavy atom. The standard InChI is InChI=1S/C14H17NOS/c1-11-9-14(5-4-12(11)6-7-15)17-10-13-3-2-8-16-13/h2-5,8-9H,6-7,10,15H2,1H3. The molecule has 1 aromatic carbocycles. The van der Waals surface area contributed by atoms with Gasteiger partial charge >= 0.3 is 0 Å². The average Bonchev–Trinajstić information content (AvgIpc) is 2.83. The van der Waals surface area contributed by atoms with Crippen molar-refractivity contribution >= 4 is 11.8 Å². The Kier molecular flexibility index (Phi) is 4.29. The lowest BCUT2D eigenvalue weighted by atomic mass is 10.1. The molecule has 0 aliphatic heterocycles. The maximum atomic E-state index is 5.57. The van der Waals surface area contributed by atoms with Crippen LogP contribution in [-0.4, -0.2) is 6.54 Å². The number of nitrogens with two attached hydrogens (primary N) is 1. The third-order valence-corrected chi connectivity index (χ3v) is 3.71. The van der Waals surface area contributed by atoms with Gasteiger partial charge in [0.15, 0.2) is 0 Å². The second-order valence-electron chi connectivity index (χ2n) is 4.00. The van der Waals surface area contributed by atoms with Gasteiger partial charge in [-0.2, -0.15) is 0 Å². The number of benzene rings is 1. The zero-order valence-corrected chi connectivity index (χ0v) is 10.8. The predicted octanol–water partition coefficient (Wildman–Crippen LogP) is 3.38. The number of hydrogen-bond donors (Lipinski definition) is 1. The van der Waals surface area contributed by atoms with E-state index in [0.29, 0.717) is 6.54 Å². The Morgan fingerprint density at radius 1 is 1.29 bits per heavy atom. The zero-order valence-electron chi connectivity index (χ0n) is 9.98. The van der Waals surface area contributed by atoms with Gasteiger partial charge in [-0.1, -0.05) is 6.07 Å². The highest BCUT2D eigenvalue weighted by molar-refractivity contribution is 7.98. The molecule has 2 N–H and O–H groups in total. The summed E-state index contributed by atoms with van der Waals surface area (Å²) in [6.07, 6.45) is 2.67. The first-order valence-corrected chi connectivity index (χ1v) is 6.73. The maximum Gasteiger partial charge on any atom is 0.113 e. The number of furan rings is 1. The van der Waals surface area contributed by atoms with Gasteiger partial charge in [0.05, 0.1) is 12.0 Å². The number of hydrogen-bond acceptors (Lipinski definition) is 3. The summed E-state index contributed by atoms with van der Waals surface area (Å²) in [4.78, 5) is 1.28. The summed E-state index contributed by atoms with van der Waals surface area (Å²) in [6.45, 7) is 2.85. The molecule has 0 unspecified atom stereocenters. The SMILES string of the molecule is Cc1cc(SCc2ccco2)ccc1CCN. The summed E-state index contributed by atoms with van der Waals surface area (Å²) in [7, 11) is 0. The molecule has 2 rings (SSSR count). The van der Waals surface area contributed by atoms with E-state index in [4.69, 9.17) is 10.2 Å². The molecule has 1 heterocycles. The molecular formula is C14H17NOS. The van der Waals surface area contributed by atoms with E-state index >= 15 is 0 Å². The molecule has 3 heteroatoms. The van der Waals surface area contributed by atoms with Gasteiger partial charge in [0.25, 0.3) is 0 Å². The van der Waals surface area contributed by atoms with E-state index in [0.717, 1.165) is 17.9 Å². The minimum absolute atomic E-state index is 0.708. The van der Waals surface area contributed by atoms with Crippen LogP contribution in [0.1, 0.15) is 16.9 Å². The van der Waals surface area contributed by atoms with Crippen LogP contribution in [0.5, 0.6) is 0 Å². The lowest BCUT2D eigenvalue weighted by Gasteiger charge is -2.06. The number of aryl methyl sites for hydroxylation is 1. The second-order valence-corrected chi connectivity index (χ2v) is 5.04. The van der Waals surface area contributed by atoms with Crippen LogP contribution in [-0.2, 0) is 12.2 Å². The Balaban J connectivity index is 2.00. The fourth-order valence-corrected chi connectivity index (χ4v) is 2.64. The van der Waals surface area contributed by atoms with Crippen LogP contribution in [0.4, 0.5) is 0 Å². The highest BCUT2D eigenvalue weighted by Crippen LogP contribution is 2.25. The first-order chi connectivity index (χ1) is 8.29. The summed E-state index contributed by atoms with van der Waals surface area (Å²) in [6, 6.07) is 10.5. The van der Waals surface area contributed by atoms with Crippen molar-refractivity contribution in [1.29, 1.82) is 0 Å². The molecule has 0 amide bonds. The van der Waals surface area contributed by atoms with Crippen molar-refractivity contribution in [2.75, 3.05) is 6.54 Å². The molecule has 2 nitrogen and oxygen atoms in total. The molecule has 0 radical (unpaired) electrons. The van der Waals surface area contributed by atoms with Gasteiger partial charge < -0.3 is 10.2 Å². The largest absolute Gasteiger partial charge is 0.468 e. The fraction of sp³-hybridized carbons (Fsp3) is 0.286. The molecule has 0 atom stereocenters. The lowest BCUT2D eigenvalue weighted by Crippen LogP contribution is -2.03. The topological polar surface area (TPSA) is 39.2 Å². The summed E-state index contributed by atoms with van der Waals surface area (Å²) in [5.74, 6) is 1.89. The minimum atomic E-state index is 0.708. The van der Waals surface area contributed by atoms with E-state index < -0.39 is 0 Å². The normalized spacial score (nSPS) is 10.7. The molecule has 2 aromatic rings. The van der Waals surface area contributed by atoms with Crippen LogP contribution in [0.25, 0.3) is 0 Å². The highest BCUT2D eigenvalue weighted by Gasteiger charge is 2.02. The molecule has 0 bridgehead atoms. The quantitative estimate of drug-likeness (QED) is 0.823. The molecule has 17 heavy (non-hydrogen) atoms. The van der Waals surface area contributed by atoms with Gasteiger partial charge in [0.1, 0.15) is 5.76 Å². The van der Waals surface area contributed by atoms with Crippen LogP contribution < -0.4 is 5.73 Å². The monoisotopic (exact) mass is 247 g/mol. The lowest BCUT2D eigenvalue weighted by molar-refractivity contribution is 0.530. The maximum absolute atomic E-state index is 5.57. The van der Waals surface area contributed by atoms with E-state index in [1.807, 2.05) is 12.1 Å². The van der Waals surface area contributed by atoms with E-state index in [1.54, 1.807) is 18.0 Å². The van der Waals surface area contributed by atoms with Crippen molar-refractivity contribution in [1.82, 2.24) is 0 Å². The smallest absolute Gasteiger partial charge is 0.113 e. The first kappa shape index (κ1) is 12.3. The molecule has 0 saturated carbocycles. The van der Waals surface area contributed by atoms with Crippen molar-refractivity contribution in [2.45, 2.75) is 24.0 Å². The van der Waals surface area contributed by atoms with E-state index in [9.17, 15) is 0 Å². The van der Waals surface area contributed by atoms with Gasteiger partial charge in [-0.25, -0.2) is 0 Å². The Labute approximate surface area is 106 Å². The summed E-state index contributed by atoms with van der Waals surface area (Å²) in [5, 5.41) is 0. The van der Waals surface area contributed by atoms with Crippen molar-refractivity contribution in [3.8, 4) is 0 Å². The number of thioether (sulfide) groups is 1. The third kappa shape index (κ3) is 3.38. The first-order valence-electron chi connectivity index (χ1n) is 5.74. The van der Waals surface area contributed by atoms with Crippen LogP contribution in [0.15, 0.2) is 45.9 Å². The van der Waals surface area contributed by atoms with Crippen LogP contribution in [0.2, 0.25) is 0 Å². The molecular weight excluding hydrogens is 230 g/mol. The Bertz CT molecular complexity index is 465. The molecule has 0 fully saturated rings. The Morgan fingerprint density at radius 2 is 2.18 bits per heavy atom. The summed E-state index contributed by atoms with van der Waals surface area (Å²) in [5.41, 5.74) is 8.23. The third-order valence-electron chi connectivity index (χ3n) is 2.69. The van der Waals surface area contributed by atoms with Gasteiger partial charge in [-0.05, 0) is 55.3 Å². The van der Waals surface area contributed by atoms with Crippen LogP contribution >= 0.6 is 11.8 Å². The van der Waals surface area contributed by atoms with Gasteiger partial charge in [0.2, 0.25) is 0 Å². The van der Waals surface area contributed by atoms with Crippen LogP contribution in [0.3, 0.4) is 0 Å². The average molecular weight is 247 g/mol. The molecule has 1 aromatic heterocycles. The summed E-state index contributed by atoms with van der Waals surface area (Å²) < 4.78 is 5.31. The van der Waals surface area contributed by atoms with E-state index in [1.165, 1.54) is 16.0 Å². The predicted molar refractivity (Wildman–Crippen MR) is 72.2 cm³/mol. The van der Waals surface area contributed by atoms with Gasteiger partial charge in [0, 0.05) is 4.90 Å². The highest BCUT2D eigenvalue weighted by atomic mass is 32.2. The minimum Gasteiger partial charge on any atom is -0.468 e. The van der Waals surface area contributed by atoms with E-state index in [2.05, 4.69) is 25.1 Å². The van der Waals surface area contributed by atoms with Crippen molar-refractivity contribution in [3.63, 3.8) is 0 Å². The molecule has 0 aliphatic carbocycles. The fourth-order valence-electron chi connectivity index (χ4n) is 1.74. The van der Waals surface area contributed by atoms with Gasteiger partial charge in [-0.3, -0.25) is 0 Å². The summed E-state index contributed by atoms with van der Waals surface area (Å²) >= 11 is 1.79. The van der Waals surface area contributed by atoms with Crippen LogP contribution in [0, 0.1) is 6.92 Å². The zero-order chi connectivity index (χ0) is 12.1. The molecule has 0 aliphatic rings. The van der Waals surface area contributed by atoms with Crippen molar-refractivity contribution in [2.24, 2.45) is 5.73 Å². The van der Waals surface area contributed by atoms with Crippen molar-refractivity contribution < 1.29 is 4.42 Å². The van der Waals surface area contributed by atoms with Crippen molar-refractivity contribution in [3.05, 3.63) is 53.5 Å². The molecule has 0 saturated heterocycles. The molecule has 90 valence electrons. The van der Waals surface area contributed by atoms with E-state index in [-0.39, 0.29) is 0 Å². The number of rotatable bonds is 5. The molecule has 0 spiro atoms.